The van der Waals surface area contributed by atoms with Gasteiger partial charge in [-0.05, 0) is 72.9 Å². The van der Waals surface area contributed by atoms with Gasteiger partial charge in [0.05, 0.1) is 0 Å². The van der Waals surface area contributed by atoms with Crippen molar-refractivity contribution in [2.45, 2.75) is 64.2 Å². The molecule has 2 aliphatic carbocycles. The summed E-state index contributed by atoms with van der Waals surface area (Å²) in [5.74, 6) is 3.18. The number of hydrogen-bond donors (Lipinski definition) is 0. The Bertz CT molecular complexity index is 755. The Hall–Kier alpha value is -2.42. The molecule has 0 aliphatic heterocycles. The van der Waals surface area contributed by atoms with Crippen LogP contribution < -0.4 is 9.31 Å². The van der Waals surface area contributed by atoms with Crippen LogP contribution in [0.2, 0.25) is 0 Å². The summed E-state index contributed by atoms with van der Waals surface area (Å²) in [7, 11) is 0.217. The van der Waals surface area contributed by atoms with E-state index < -0.39 is 0 Å². The summed E-state index contributed by atoms with van der Waals surface area (Å²) in [6.45, 7) is 0. The first-order valence-electron chi connectivity index (χ1n) is 12.2. The van der Waals surface area contributed by atoms with Gasteiger partial charge in [0.25, 0.3) is 0 Å². The van der Waals surface area contributed by atoms with Crippen LogP contribution in [0.25, 0.3) is 12.2 Å². The first-order valence-corrected chi connectivity index (χ1v) is 12.2. The first kappa shape index (κ1) is 21.8. The molecule has 2 saturated carbocycles. The molecule has 0 heterocycles. The van der Waals surface area contributed by atoms with Gasteiger partial charge >= 0.3 is 7.69 Å². The van der Waals surface area contributed by atoms with Crippen molar-refractivity contribution < 1.29 is 9.31 Å². The van der Waals surface area contributed by atoms with Crippen LogP contribution in [-0.4, -0.2) is 7.69 Å². The summed E-state index contributed by atoms with van der Waals surface area (Å²) in [5.41, 5.74) is 2.46. The van der Waals surface area contributed by atoms with Gasteiger partial charge in [0, 0.05) is 0 Å². The third-order valence-electron chi connectivity index (χ3n) is 6.63. The van der Waals surface area contributed by atoms with Gasteiger partial charge in [0.1, 0.15) is 11.5 Å². The molecular weight excluding hydrogens is 379 g/mol. The Labute approximate surface area is 188 Å². The molecule has 3 heteroatoms. The second-order valence-electron chi connectivity index (χ2n) is 9.06. The average Bonchev–Trinajstić information content (AvgIpc) is 2.84. The minimum Gasteiger partial charge on any atom is -0.529 e. The molecule has 0 unspecified atom stereocenters. The standard InChI is InChI=1S/C28H35BO2/c1-3-7-23(8-4-1)11-13-25-15-19-27(20-16-25)30-29-31-28-21-17-26(18-22-28)14-12-24-9-5-2-6-10-24/h11-24,29H,1-10H2. The van der Waals surface area contributed by atoms with Crippen LogP contribution in [0.5, 0.6) is 11.5 Å². The highest BCUT2D eigenvalue weighted by molar-refractivity contribution is 6.20. The zero-order valence-electron chi connectivity index (χ0n) is 18.7. The largest absolute Gasteiger partial charge is 0.576 e. The molecular formula is C28H35BO2. The number of benzene rings is 2. The Kier molecular flexibility index (Phi) is 8.32. The maximum Gasteiger partial charge on any atom is 0.576 e. The van der Waals surface area contributed by atoms with Crippen molar-refractivity contribution in [2.75, 3.05) is 0 Å². The minimum absolute atomic E-state index is 0.217. The van der Waals surface area contributed by atoms with Crippen molar-refractivity contribution >= 4 is 19.8 Å². The Morgan fingerprint density at radius 2 is 0.935 bits per heavy atom. The van der Waals surface area contributed by atoms with E-state index in [9.17, 15) is 0 Å². The van der Waals surface area contributed by atoms with Gasteiger partial charge < -0.3 is 9.31 Å². The van der Waals surface area contributed by atoms with Gasteiger partial charge in [-0.3, -0.25) is 0 Å². The smallest absolute Gasteiger partial charge is 0.529 e. The normalized spacial score (nSPS) is 18.5. The van der Waals surface area contributed by atoms with Crippen LogP contribution in [0.4, 0.5) is 0 Å². The zero-order valence-corrected chi connectivity index (χ0v) is 18.7. The van der Waals surface area contributed by atoms with Crippen LogP contribution in [0.15, 0.2) is 60.7 Å². The van der Waals surface area contributed by atoms with Gasteiger partial charge in [-0.25, -0.2) is 0 Å². The zero-order chi connectivity index (χ0) is 21.1. The Morgan fingerprint density at radius 1 is 0.548 bits per heavy atom. The van der Waals surface area contributed by atoms with Crippen LogP contribution in [0.1, 0.15) is 75.3 Å². The molecule has 2 nitrogen and oxygen atoms in total. The molecule has 2 aliphatic rings. The molecule has 2 aromatic rings. The van der Waals surface area contributed by atoms with E-state index in [0.717, 1.165) is 23.3 Å². The summed E-state index contributed by atoms with van der Waals surface area (Å²) in [6, 6.07) is 16.5. The lowest BCUT2D eigenvalue weighted by Gasteiger charge is -2.17. The first-order chi connectivity index (χ1) is 15.3. The highest BCUT2D eigenvalue weighted by Crippen LogP contribution is 2.26. The third kappa shape index (κ3) is 7.34. The number of allylic oxidation sites excluding steroid dienone is 2. The van der Waals surface area contributed by atoms with E-state index in [2.05, 4.69) is 48.6 Å². The second kappa shape index (κ2) is 11.8. The minimum atomic E-state index is 0.217. The van der Waals surface area contributed by atoms with E-state index in [1.165, 1.54) is 75.3 Å². The van der Waals surface area contributed by atoms with Crippen LogP contribution in [0, 0.1) is 11.8 Å². The molecule has 4 rings (SSSR count). The molecule has 2 fully saturated rings. The van der Waals surface area contributed by atoms with Gasteiger partial charge in [-0.2, -0.15) is 0 Å². The molecule has 0 bridgehead atoms. The van der Waals surface area contributed by atoms with Crippen molar-refractivity contribution in [1.82, 2.24) is 0 Å². The molecule has 0 radical (unpaired) electrons. The van der Waals surface area contributed by atoms with E-state index in [4.69, 9.17) is 9.31 Å². The molecule has 0 aromatic heterocycles. The third-order valence-corrected chi connectivity index (χ3v) is 6.63. The van der Waals surface area contributed by atoms with Gasteiger partial charge in [-0.1, -0.05) is 87.1 Å². The van der Waals surface area contributed by atoms with Crippen molar-refractivity contribution in [2.24, 2.45) is 11.8 Å². The Balaban J connectivity index is 1.19. The predicted octanol–water partition coefficient (Wildman–Crippen LogP) is 7.60. The van der Waals surface area contributed by atoms with Gasteiger partial charge in [-0.15, -0.1) is 0 Å². The summed E-state index contributed by atoms with van der Waals surface area (Å²) in [6.07, 6.45) is 22.9. The van der Waals surface area contributed by atoms with E-state index in [-0.39, 0.29) is 7.69 Å². The maximum atomic E-state index is 5.76. The van der Waals surface area contributed by atoms with Gasteiger partial charge in [0.2, 0.25) is 0 Å². The topological polar surface area (TPSA) is 18.5 Å². The van der Waals surface area contributed by atoms with Crippen molar-refractivity contribution in [3.05, 3.63) is 71.8 Å². The van der Waals surface area contributed by atoms with Crippen molar-refractivity contribution in [3.8, 4) is 11.5 Å². The molecule has 2 aromatic carbocycles. The fourth-order valence-electron chi connectivity index (χ4n) is 4.66. The van der Waals surface area contributed by atoms with Crippen LogP contribution in [-0.2, 0) is 0 Å². The van der Waals surface area contributed by atoms with E-state index in [1.807, 2.05) is 24.3 Å². The maximum absolute atomic E-state index is 5.76. The molecule has 0 amide bonds. The fraction of sp³-hybridized carbons (Fsp3) is 0.429. The summed E-state index contributed by atoms with van der Waals surface area (Å²) < 4.78 is 11.5. The van der Waals surface area contributed by atoms with E-state index in [1.54, 1.807) is 0 Å². The summed E-state index contributed by atoms with van der Waals surface area (Å²) in [5, 5.41) is 0. The second-order valence-corrected chi connectivity index (χ2v) is 9.06. The number of hydrogen-bond acceptors (Lipinski definition) is 2. The lowest BCUT2D eigenvalue weighted by Crippen LogP contribution is -2.10. The molecule has 162 valence electrons. The lowest BCUT2D eigenvalue weighted by molar-refractivity contribution is 0.420. The molecule has 0 spiro atoms. The van der Waals surface area contributed by atoms with Gasteiger partial charge in [0.15, 0.2) is 0 Å². The quantitative estimate of drug-likeness (QED) is 0.414. The SMILES string of the molecule is B(Oc1ccc(C=CC2CCCCC2)cc1)Oc1ccc(C=CC2CCCCC2)cc1. The van der Waals surface area contributed by atoms with E-state index >= 15 is 0 Å². The lowest BCUT2D eigenvalue weighted by atomic mass is 9.89. The summed E-state index contributed by atoms with van der Waals surface area (Å²) >= 11 is 0. The Morgan fingerprint density at radius 3 is 1.32 bits per heavy atom. The average molecular weight is 414 g/mol. The van der Waals surface area contributed by atoms with Crippen molar-refractivity contribution in [1.29, 1.82) is 0 Å². The van der Waals surface area contributed by atoms with E-state index in [0.29, 0.717) is 0 Å². The molecule has 0 atom stereocenters. The predicted molar refractivity (Wildman–Crippen MR) is 133 cm³/mol. The molecule has 0 saturated heterocycles. The highest BCUT2D eigenvalue weighted by Gasteiger charge is 2.10. The summed E-state index contributed by atoms with van der Waals surface area (Å²) in [4.78, 5) is 0. The monoisotopic (exact) mass is 414 g/mol. The number of rotatable bonds is 8. The molecule has 0 N–H and O–H groups in total. The molecule has 31 heavy (non-hydrogen) atoms. The fourth-order valence-corrected chi connectivity index (χ4v) is 4.66. The van der Waals surface area contributed by atoms with Crippen LogP contribution in [0.3, 0.4) is 0 Å². The highest BCUT2D eigenvalue weighted by atomic mass is 16.6. The van der Waals surface area contributed by atoms with Crippen molar-refractivity contribution in [3.63, 3.8) is 0 Å². The van der Waals surface area contributed by atoms with Crippen LogP contribution >= 0.6 is 0 Å².